The maximum Gasteiger partial charge on any atom is 0.272 e. The van der Waals surface area contributed by atoms with Gasteiger partial charge in [-0.2, -0.15) is 0 Å². The third kappa shape index (κ3) is 1.41. The number of rotatable bonds is 2. The summed E-state index contributed by atoms with van der Waals surface area (Å²) >= 11 is 0. The number of nitrogens with zero attached hydrogens (tertiary/aromatic N) is 1. The summed E-state index contributed by atoms with van der Waals surface area (Å²) in [7, 11) is 0. The quantitative estimate of drug-likeness (QED) is 0.615. The van der Waals surface area contributed by atoms with Crippen molar-refractivity contribution >= 4 is 5.69 Å². The highest BCUT2D eigenvalue weighted by molar-refractivity contribution is 5.47. The van der Waals surface area contributed by atoms with Crippen molar-refractivity contribution < 1.29 is 4.92 Å². The molecule has 0 aliphatic heterocycles. The minimum atomic E-state index is -0.397. The molecule has 1 aromatic rings. The van der Waals surface area contributed by atoms with Gasteiger partial charge in [0, 0.05) is 17.2 Å². The monoisotopic (exact) mass is 220 g/mol. The molecule has 0 radical (unpaired) electrons. The molecule has 0 amide bonds. The molecular weight excluding hydrogens is 204 g/mol. The van der Waals surface area contributed by atoms with E-state index in [0.29, 0.717) is 5.56 Å². The number of benzene rings is 1. The Labute approximate surface area is 94.6 Å². The molecule has 2 N–H and O–H groups in total. The van der Waals surface area contributed by atoms with Crippen molar-refractivity contribution in [2.24, 2.45) is 11.1 Å². The van der Waals surface area contributed by atoms with E-state index < -0.39 is 5.54 Å². The molecule has 0 heterocycles. The Morgan fingerprint density at radius 1 is 1.44 bits per heavy atom. The molecular formula is C12H16N2O2. The fourth-order valence-corrected chi connectivity index (χ4v) is 2.23. The van der Waals surface area contributed by atoms with Gasteiger partial charge in [0.25, 0.3) is 5.69 Å². The van der Waals surface area contributed by atoms with Gasteiger partial charge in [0.05, 0.1) is 4.92 Å². The van der Waals surface area contributed by atoms with E-state index in [-0.39, 0.29) is 16.0 Å². The Hall–Kier alpha value is -1.42. The zero-order chi connectivity index (χ0) is 12.1. The van der Waals surface area contributed by atoms with Crippen LogP contribution in [0, 0.1) is 22.5 Å². The highest BCUT2D eigenvalue weighted by Crippen LogP contribution is 2.60. The summed E-state index contributed by atoms with van der Waals surface area (Å²) in [4.78, 5) is 10.5. The number of hydrogen-bond acceptors (Lipinski definition) is 3. The molecule has 1 unspecified atom stereocenters. The molecule has 0 aromatic heterocycles. The normalized spacial score (nSPS) is 26.5. The van der Waals surface area contributed by atoms with Crippen molar-refractivity contribution in [2.75, 3.05) is 0 Å². The van der Waals surface area contributed by atoms with Crippen molar-refractivity contribution in [3.05, 3.63) is 39.4 Å². The van der Waals surface area contributed by atoms with Crippen molar-refractivity contribution in [3.8, 4) is 0 Å². The van der Waals surface area contributed by atoms with Gasteiger partial charge in [0.1, 0.15) is 0 Å². The van der Waals surface area contributed by atoms with Crippen LogP contribution in [0.1, 0.15) is 31.4 Å². The second-order valence-corrected chi connectivity index (χ2v) is 5.29. The Kier molecular flexibility index (Phi) is 2.11. The van der Waals surface area contributed by atoms with Crippen LogP contribution in [0.15, 0.2) is 18.2 Å². The number of aryl methyl sites for hydroxylation is 1. The molecule has 4 heteroatoms. The fraction of sp³-hybridized carbons (Fsp3) is 0.500. The highest BCUT2D eigenvalue weighted by Gasteiger charge is 2.59. The third-order valence-electron chi connectivity index (χ3n) is 3.72. The van der Waals surface area contributed by atoms with Crippen molar-refractivity contribution in [2.45, 2.75) is 32.7 Å². The van der Waals surface area contributed by atoms with Crippen LogP contribution in [0.2, 0.25) is 0 Å². The van der Waals surface area contributed by atoms with E-state index in [4.69, 9.17) is 5.73 Å². The van der Waals surface area contributed by atoms with Gasteiger partial charge in [-0.1, -0.05) is 26.0 Å². The molecule has 1 aromatic carbocycles. The Balaban J connectivity index is 2.46. The summed E-state index contributed by atoms with van der Waals surface area (Å²) in [6.07, 6.45) is 0.875. The predicted octanol–water partition coefficient (Wildman–Crippen LogP) is 2.49. The summed E-state index contributed by atoms with van der Waals surface area (Å²) in [5.74, 6) is 0. The Morgan fingerprint density at radius 3 is 2.44 bits per heavy atom. The Morgan fingerprint density at radius 2 is 2.00 bits per heavy atom. The minimum Gasteiger partial charge on any atom is -0.321 e. The molecule has 16 heavy (non-hydrogen) atoms. The van der Waals surface area contributed by atoms with Crippen LogP contribution < -0.4 is 5.73 Å². The van der Waals surface area contributed by atoms with Crippen LogP contribution in [-0.4, -0.2) is 4.92 Å². The molecule has 2 rings (SSSR count). The van der Waals surface area contributed by atoms with E-state index in [1.54, 1.807) is 19.1 Å². The molecule has 1 saturated carbocycles. The molecule has 1 aliphatic rings. The number of nitrogens with two attached hydrogens (primary N) is 1. The average Bonchev–Trinajstić information content (AvgIpc) is 2.67. The standard InChI is InChI=1S/C12H16N2O2/c1-8-4-5-9(6-10(8)14(15)16)12(13)7-11(12,2)3/h4-6H,7,13H2,1-3H3. The van der Waals surface area contributed by atoms with Crippen molar-refractivity contribution in [1.82, 2.24) is 0 Å². The van der Waals surface area contributed by atoms with Crippen molar-refractivity contribution in [3.63, 3.8) is 0 Å². The second kappa shape index (κ2) is 3.04. The van der Waals surface area contributed by atoms with Gasteiger partial charge in [0.15, 0.2) is 0 Å². The van der Waals surface area contributed by atoms with Gasteiger partial charge in [-0.05, 0) is 24.3 Å². The van der Waals surface area contributed by atoms with Crippen LogP contribution in [0.5, 0.6) is 0 Å². The van der Waals surface area contributed by atoms with Gasteiger partial charge >= 0.3 is 0 Å². The summed E-state index contributed by atoms with van der Waals surface area (Å²) < 4.78 is 0. The molecule has 1 fully saturated rings. The molecule has 86 valence electrons. The second-order valence-electron chi connectivity index (χ2n) is 5.29. The summed E-state index contributed by atoms with van der Waals surface area (Å²) in [5.41, 5.74) is 7.59. The Bertz CT molecular complexity index is 468. The fourth-order valence-electron chi connectivity index (χ4n) is 2.23. The van der Waals surface area contributed by atoms with E-state index in [1.807, 2.05) is 6.07 Å². The lowest BCUT2D eigenvalue weighted by Crippen LogP contribution is -2.25. The molecule has 4 nitrogen and oxygen atoms in total. The molecule has 1 atom stereocenters. The topological polar surface area (TPSA) is 69.2 Å². The highest BCUT2D eigenvalue weighted by atomic mass is 16.6. The third-order valence-corrected chi connectivity index (χ3v) is 3.72. The maximum absolute atomic E-state index is 10.8. The molecule has 0 spiro atoms. The van der Waals surface area contributed by atoms with Crippen LogP contribution in [-0.2, 0) is 5.54 Å². The number of nitro groups is 1. The zero-order valence-electron chi connectivity index (χ0n) is 9.78. The van der Waals surface area contributed by atoms with E-state index in [9.17, 15) is 10.1 Å². The first-order valence-electron chi connectivity index (χ1n) is 5.32. The van der Waals surface area contributed by atoms with Crippen LogP contribution in [0.25, 0.3) is 0 Å². The smallest absolute Gasteiger partial charge is 0.272 e. The lowest BCUT2D eigenvalue weighted by molar-refractivity contribution is -0.385. The van der Waals surface area contributed by atoms with E-state index >= 15 is 0 Å². The first-order chi connectivity index (χ1) is 7.28. The minimum absolute atomic E-state index is 0.0378. The van der Waals surface area contributed by atoms with E-state index in [2.05, 4.69) is 13.8 Å². The van der Waals surface area contributed by atoms with E-state index in [0.717, 1.165) is 12.0 Å². The van der Waals surface area contributed by atoms with Gasteiger partial charge in [-0.15, -0.1) is 0 Å². The molecule has 0 bridgehead atoms. The molecule has 1 aliphatic carbocycles. The lowest BCUT2D eigenvalue weighted by atomic mass is 9.95. The maximum atomic E-state index is 10.8. The van der Waals surface area contributed by atoms with Gasteiger partial charge in [-0.25, -0.2) is 0 Å². The van der Waals surface area contributed by atoms with E-state index in [1.165, 1.54) is 0 Å². The first kappa shape index (κ1) is 11.1. The zero-order valence-corrected chi connectivity index (χ0v) is 9.78. The van der Waals surface area contributed by atoms with Gasteiger partial charge in [-0.3, -0.25) is 10.1 Å². The van der Waals surface area contributed by atoms with Crippen LogP contribution >= 0.6 is 0 Å². The van der Waals surface area contributed by atoms with Crippen LogP contribution in [0.4, 0.5) is 5.69 Å². The predicted molar refractivity (Wildman–Crippen MR) is 62.1 cm³/mol. The summed E-state index contributed by atoms with van der Waals surface area (Å²) in [5, 5.41) is 10.8. The summed E-state index contributed by atoms with van der Waals surface area (Å²) in [6, 6.07) is 5.29. The lowest BCUT2D eigenvalue weighted by Gasteiger charge is -2.15. The number of hydrogen-bond donors (Lipinski definition) is 1. The SMILES string of the molecule is Cc1ccc(C2(N)CC2(C)C)cc1[N+](=O)[O-]. The van der Waals surface area contributed by atoms with Gasteiger partial charge in [0.2, 0.25) is 0 Å². The van der Waals surface area contributed by atoms with Crippen LogP contribution in [0.3, 0.4) is 0 Å². The van der Waals surface area contributed by atoms with Gasteiger partial charge < -0.3 is 5.73 Å². The summed E-state index contributed by atoms with van der Waals surface area (Å²) in [6.45, 7) is 5.90. The van der Waals surface area contributed by atoms with Crippen molar-refractivity contribution in [1.29, 1.82) is 0 Å². The average molecular weight is 220 g/mol. The largest absolute Gasteiger partial charge is 0.321 e. The molecule has 0 saturated heterocycles. The number of nitro benzene ring substituents is 1. The first-order valence-corrected chi connectivity index (χ1v) is 5.32.